The van der Waals surface area contributed by atoms with E-state index in [9.17, 15) is 9.59 Å². The molecule has 5 heteroatoms. The predicted octanol–water partition coefficient (Wildman–Crippen LogP) is -1.81. The fourth-order valence-electron chi connectivity index (χ4n) is 0.247. The van der Waals surface area contributed by atoms with Crippen molar-refractivity contribution in [3.63, 3.8) is 0 Å². The van der Waals surface area contributed by atoms with Gasteiger partial charge in [0.15, 0.2) is 6.23 Å². The van der Waals surface area contributed by atoms with Gasteiger partial charge >= 0.3 is 0 Å². The molecule has 52 valence electrons. The first-order valence-electron chi connectivity index (χ1n) is 2.24. The average molecular weight is 132 g/mol. The number of methoxy groups -OCH3 is 1. The summed E-state index contributed by atoms with van der Waals surface area (Å²) in [5, 5.41) is 1.83. The topological polar surface area (TPSA) is 81.4 Å². The summed E-state index contributed by atoms with van der Waals surface area (Å²) in [5.41, 5.74) is 5.01. The van der Waals surface area contributed by atoms with Gasteiger partial charge in [-0.1, -0.05) is 0 Å². The van der Waals surface area contributed by atoms with E-state index in [0.717, 1.165) is 0 Å². The van der Waals surface area contributed by atoms with Crippen molar-refractivity contribution in [2.75, 3.05) is 7.11 Å². The summed E-state index contributed by atoms with van der Waals surface area (Å²) < 4.78 is 4.37. The Kier molecular flexibility index (Phi) is 3.57. The standard InChI is InChI=1S/C4H8N2O3/c1-9-3(5)4(8)6-2-7/h2-3H,5H2,1H3,(H,6,7,8). The summed E-state index contributed by atoms with van der Waals surface area (Å²) in [6.45, 7) is 0. The SMILES string of the molecule is COC(N)C(=O)NC=O. The lowest BCUT2D eigenvalue weighted by atomic mass is 10.5. The highest BCUT2D eigenvalue weighted by Crippen LogP contribution is 1.75. The number of carbonyl (C=O) groups excluding carboxylic acids is 2. The molecule has 5 nitrogen and oxygen atoms in total. The van der Waals surface area contributed by atoms with Crippen LogP contribution in [0.15, 0.2) is 0 Å². The normalized spacial score (nSPS) is 12.2. The first kappa shape index (κ1) is 8.06. The van der Waals surface area contributed by atoms with Gasteiger partial charge in [-0.05, 0) is 0 Å². The first-order valence-corrected chi connectivity index (χ1v) is 2.24. The van der Waals surface area contributed by atoms with E-state index in [2.05, 4.69) is 4.74 Å². The fraction of sp³-hybridized carbons (Fsp3) is 0.500. The molecule has 3 N–H and O–H groups in total. The van der Waals surface area contributed by atoms with E-state index in [1.165, 1.54) is 7.11 Å². The second kappa shape index (κ2) is 3.99. The van der Waals surface area contributed by atoms with Gasteiger partial charge < -0.3 is 4.74 Å². The molecule has 0 saturated carbocycles. The third-order valence-corrected chi connectivity index (χ3v) is 0.714. The summed E-state index contributed by atoms with van der Waals surface area (Å²) in [7, 11) is 1.27. The summed E-state index contributed by atoms with van der Waals surface area (Å²) in [4.78, 5) is 20.0. The van der Waals surface area contributed by atoms with Crippen molar-refractivity contribution in [3.8, 4) is 0 Å². The Balaban J connectivity index is 3.58. The molecule has 0 aromatic carbocycles. The lowest BCUT2D eigenvalue weighted by molar-refractivity contribution is -0.133. The lowest BCUT2D eigenvalue weighted by Gasteiger charge is -2.04. The Hall–Kier alpha value is -0.940. The van der Waals surface area contributed by atoms with Crippen LogP contribution in [-0.2, 0) is 14.3 Å². The predicted molar refractivity (Wildman–Crippen MR) is 29.2 cm³/mol. The maximum absolute atomic E-state index is 10.4. The summed E-state index contributed by atoms with van der Waals surface area (Å²) in [6.07, 6.45) is -0.809. The third kappa shape index (κ3) is 2.78. The van der Waals surface area contributed by atoms with Gasteiger partial charge in [-0.3, -0.25) is 20.6 Å². The number of nitrogens with two attached hydrogens (primary N) is 1. The number of amides is 2. The molecule has 0 aromatic heterocycles. The largest absolute Gasteiger partial charge is 0.357 e. The van der Waals surface area contributed by atoms with Gasteiger partial charge in [0.25, 0.3) is 5.91 Å². The molecule has 9 heavy (non-hydrogen) atoms. The Bertz CT molecular complexity index is 114. The van der Waals surface area contributed by atoms with Crippen LogP contribution in [-0.4, -0.2) is 25.7 Å². The minimum Gasteiger partial charge on any atom is -0.357 e. The van der Waals surface area contributed by atoms with Crippen LogP contribution in [0.1, 0.15) is 0 Å². The van der Waals surface area contributed by atoms with Gasteiger partial charge in [0.05, 0.1) is 0 Å². The van der Waals surface area contributed by atoms with Crippen molar-refractivity contribution >= 4 is 12.3 Å². The second-order valence-electron chi connectivity index (χ2n) is 1.28. The number of imide groups is 1. The molecule has 1 atom stereocenters. The Morgan fingerprint density at radius 3 is 2.78 bits per heavy atom. The van der Waals surface area contributed by atoms with Crippen molar-refractivity contribution in [3.05, 3.63) is 0 Å². The molecule has 0 saturated heterocycles. The van der Waals surface area contributed by atoms with E-state index in [4.69, 9.17) is 5.73 Å². The smallest absolute Gasteiger partial charge is 0.270 e. The zero-order valence-electron chi connectivity index (χ0n) is 4.96. The van der Waals surface area contributed by atoms with Crippen LogP contribution in [0.25, 0.3) is 0 Å². The Morgan fingerprint density at radius 2 is 2.44 bits per heavy atom. The number of nitrogens with one attached hydrogen (secondary N) is 1. The van der Waals surface area contributed by atoms with Crippen LogP contribution in [0, 0.1) is 0 Å². The number of ether oxygens (including phenoxy) is 1. The number of rotatable bonds is 3. The molecule has 0 fully saturated rings. The van der Waals surface area contributed by atoms with E-state index >= 15 is 0 Å². The summed E-state index contributed by atoms with van der Waals surface area (Å²) >= 11 is 0. The molecule has 0 aliphatic heterocycles. The fourth-order valence-corrected chi connectivity index (χ4v) is 0.247. The van der Waals surface area contributed by atoms with Crippen LogP contribution >= 0.6 is 0 Å². The number of hydrogen-bond donors (Lipinski definition) is 2. The van der Waals surface area contributed by atoms with E-state index in [1.54, 1.807) is 0 Å². The maximum Gasteiger partial charge on any atom is 0.270 e. The second-order valence-corrected chi connectivity index (χ2v) is 1.28. The van der Waals surface area contributed by atoms with Crippen molar-refractivity contribution in [1.29, 1.82) is 0 Å². The van der Waals surface area contributed by atoms with Crippen molar-refractivity contribution < 1.29 is 14.3 Å². The van der Waals surface area contributed by atoms with E-state index in [1.807, 2.05) is 5.32 Å². The molecule has 1 unspecified atom stereocenters. The third-order valence-electron chi connectivity index (χ3n) is 0.714. The zero-order chi connectivity index (χ0) is 7.28. The van der Waals surface area contributed by atoms with E-state index in [-0.39, 0.29) is 6.41 Å². The molecule has 0 aromatic rings. The zero-order valence-corrected chi connectivity index (χ0v) is 4.96. The minimum atomic E-state index is -1.06. The van der Waals surface area contributed by atoms with Gasteiger partial charge in [-0.25, -0.2) is 0 Å². The number of hydrogen-bond acceptors (Lipinski definition) is 4. The highest BCUT2D eigenvalue weighted by Gasteiger charge is 2.09. The van der Waals surface area contributed by atoms with Crippen LogP contribution in [0.3, 0.4) is 0 Å². The molecule has 0 radical (unpaired) electrons. The first-order chi connectivity index (χ1) is 4.22. The van der Waals surface area contributed by atoms with Crippen molar-refractivity contribution in [1.82, 2.24) is 5.32 Å². The number of carbonyl (C=O) groups is 2. The van der Waals surface area contributed by atoms with Crippen LogP contribution in [0.5, 0.6) is 0 Å². The monoisotopic (exact) mass is 132 g/mol. The van der Waals surface area contributed by atoms with Gasteiger partial charge in [0, 0.05) is 7.11 Å². The molecule has 0 heterocycles. The van der Waals surface area contributed by atoms with Gasteiger partial charge in [-0.2, -0.15) is 0 Å². The molecular formula is C4H8N2O3. The summed E-state index contributed by atoms with van der Waals surface area (Å²) in [5.74, 6) is -0.646. The quantitative estimate of drug-likeness (QED) is 0.350. The van der Waals surface area contributed by atoms with Crippen LogP contribution < -0.4 is 11.1 Å². The molecule has 0 spiro atoms. The van der Waals surface area contributed by atoms with E-state index in [0.29, 0.717) is 0 Å². The molecule has 0 bridgehead atoms. The van der Waals surface area contributed by atoms with Crippen molar-refractivity contribution in [2.45, 2.75) is 6.23 Å². The Morgan fingerprint density at radius 1 is 1.89 bits per heavy atom. The highest BCUT2D eigenvalue weighted by molar-refractivity contribution is 5.88. The molecule has 0 aliphatic carbocycles. The molecule has 2 amide bonds. The summed E-state index contributed by atoms with van der Waals surface area (Å²) in [6, 6.07) is 0. The van der Waals surface area contributed by atoms with Crippen molar-refractivity contribution in [2.24, 2.45) is 5.73 Å². The van der Waals surface area contributed by atoms with Gasteiger partial charge in [0.2, 0.25) is 6.41 Å². The highest BCUT2D eigenvalue weighted by atomic mass is 16.5. The molecule has 0 rings (SSSR count). The molecular weight excluding hydrogens is 124 g/mol. The van der Waals surface area contributed by atoms with Gasteiger partial charge in [-0.15, -0.1) is 0 Å². The maximum atomic E-state index is 10.4. The van der Waals surface area contributed by atoms with Gasteiger partial charge in [0.1, 0.15) is 0 Å². The minimum absolute atomic E-state index is 0.251. The lowest BCUT2D eigenvalue weighted by Crippen LogP contribution is -2.41. The van der Waals surface area contributed by atoms with Crippen LogP contribution in [0.2, 0.25) is 0 Å². The average Bonchev–Trinajstić information content (AvgIpc) is 1.87. The molecule has 0 aliphatic rings. The Labute approximate surface area is 52.2 Å². The van der Waals surface area contributed by atoms with Crippen LogP contribution in [0.4, 0.5) is 0 Å². The van der Waals surface area contributed by atoms with E-state index < -0.39 is 12.1 Å².